The van der Waals surface area contributed by atoms with Crippen molar-refractivity contribution in [3.05, 3.63) is 36.2 Å². The van der Waals surface area contributed by atoms with E-state index in [0.717, 1.165) is 31.4 Å². The van der Waals surface area contributed by atoms with Crippen molar-refractivity contribution in [1.29, 1.82) is 0 Å². The van der Waals surface area contributed by atoms with E-state index >= 15 is 0 Å². The maximum absolute atomic E-state index is 12.2. The van der Waals surface area contributed by atoms with Gasteiger partial charge in [0.2, 0.25) is 5.91 Å². The zero-order chi connectivity index (χ0) is 15.4. The molecule has 1 aromatic heterocycles. The van der Waals surface area contributed by atoms with E-state index in [-0.39, 0.29) is 30.4 Å². The van der Waals surface area contributed by atoms with Gasteiger partial charge in [-0.1, -0.05) is 29.8 Å². The van der Waals surface area contributed by atoms with Crippen LogP contribution in [-0.4, -0.2) is 28.6 Å². The van der Waals surface area contributed by atoms with Crippen LogP contribution < -0.4 is 10.6 Å². The number of halogens is 1. The second-order valence-electron chi connectivity index (χ2n) is 5.56. The number of hydrogen-bond acceptors (Lipinski definition) is 5. The highest BCUT2D eigenvalue weighted by Crippen LogP contribution is 2.19. The lowest BCUT2D eigenvalue weighted by molar-refractivity contribution is -0.124. The minimum Gasteiger partial charge on any atom is -0.345 e. The molecule has 1 aromatic carbocycles. The van der Waals surface area contributed by atoms with Crippen LogP contribution in [0, 0.1) is 0 Å². The van der Waals surface area contributed by atoms with Gasteiger partial charge in [-0.15, -0.1) is 12.4 Å². The molecule has 7 heteroatoms. The molecule has 1 aliphatic rings. The lowest BCUT2D eigenvalue weighted by Gasteiger charge is -2.23. The van der Waals surface area contributed by atoms with Crippen molar-refractivity contribution in [1.82, 2.24) is 20.8 Å². The van der Waals surface area contributed by atoms with Crippen molar-refractivity contribution in [3.8, 4) is 11.5 Å². The van der Waals surface area contributed by atoms with Gasteiger partial charge < -0.3 is 15.2 Å². The zero-order valence-electron chi connectivity index (χ0n) is 13.0. The largest absolute Gasteiger partial charge is 0.345 e. The van der Waals surface area contributed by atoms with Crippen LogP contribution in [0.2, 0.25) is 0 Å². The van der Waals surface area contributed by atoms with Crippen molar-refractivity contribution in [2.45, 2.75) is 38.3 Å². The Kier molecular flexibility index (Phi) is 6.12. The molecular formula is C16H21ClN4O2. The Bertz CT molecular complexity index is 626. The molecule has 3 rings (SSSR count). The standard InChI is InChI=1S/C16H20N4O2.ClH/c1-11(18-15(21)13-9-5-6-10-17-13)14-19-16(22-20-14)12-7-3-2-4-8-12;/h2-4,7-8,11,13,17H,5-6,9-10H2,1H3,(H,18,21);1H/t11?,13-;/m0./s1. The molecule has 2 N–H and O–H groups in total. The molecule has 0 spiro atoms. The number of piperidine rings is 1. The van der Waals surface area contributed by atoms with Gasteiger partial charge in [0.15, 0.2) is 5.82 Å². The third-order valence-corrected chi connectivity index (χ3v) is 3.84. The predicted molar refractivity (Wildman–Crippen MR) is 89.2 cm³/mol. The summed E-state index contributed by atoms with van der Waals surface area (Å²) in [7, 11) is 0. The molecule has 23 heavy (non-hydrogen) atoms. The third kappa shape index (κ3) is 4.30. The molecule has 1 aliphatic heterocycles. The topological polar surface area (TPSA) is 80.0 Å². The van der Waals surface area contributed by atoms with E-state index in [1.165, 1.54) is 0 Å². The van der Waals surface area contributed by atoms with E-state index in [1.54, 1.807) is 0 Å². The first-order chi connectivity index (χ1) is 10.7. The summed E-state index contributed by atoms with van der Waals surface area (Å²) in [6.07, 6.45) is 3.09. The average Bonchev–Trinajstić information content (AvgIpc) is 3.06. The molecule has 2 atom stereocenters. The summed E-state index contributed by atoms with van der Waals surface area (Å²) < 4.78 is 5.27. The van der Waals surface area contributed by atoms with E-state index < -0.39 is 0 Å². The Morgan fingerprint density at radius 2 is 2.13 bits per heavy atom. The third-order valence-electron chi connectivity index (χ3n) is 3.84. The van der Waals surface area contributed by atoms with Crippen LogP contribution in [0.25, 0.3) is 11.5 Å². The van der Waals surface area contributed by atoms with Crippen molar-refractivity contribution in [2.75, 3.05) is 6.54 Å². The highest BCUT2D eigenvalue weighted by Gasteiger charge is 2.24. The van der Waals surface area contributed by atoms with Gasteiger partial charge in [0, 0.05) is 5.56 Å². The summed E-state index contributed by atoms with van der Waals surface area (Å²) in [5.41, 5.74) is 0.869. The monoisotopic (exact) mass is 336 g/mol. The van der Waals surface area contributed by atoms with Gasteiger partial charge in [0.1, 0.15) is 0 Å². The van der Waals surface area contributed by atoms with Crippen LogP contribution in [0.15, 0.2) is 34.9 Å². The van der Waals surface area contributed by atoms with Crippen molar-refractivity contribution in [3.63, 3.8) is 0 Å². The Hall–Kier alpha value is -1.92. The van der Waals surface area contributed by atoms with E-state index in [0.29, 0.717) is 11.7 Å². The molecule has 1 unspecified atom stereocenters. The van der Waals surface area contributed by atoms with Crippen molar-refractivity contribution >= 4 is 18.3 Å². The fraction of sp³-hybridized carbons (Fsp3) is 0.438. The van der Waals surface area contributed by atoms with Crippen LogP contribution in [-0.2, 0) is 4.79 Å². The van der Waals surface area contributed by atoms with E-state index in [2.05, 4.69) is 20.8 Å². The van der Waals surface area contributed by atoms with Gasteiger partial charge in [0.25, 0.3) is 5.89 Å². The first-order valence-electron chi connectivity index (χ1n) is 7.67. The average molecular weight is 337 g/mol. The van der Waals surface area contributed by atoms with Gasteiger partial charge in [-0.25, -0.2) is 0 Å². The quantitative estimate of drug-likeness (QED) is 0.896. The van der Waals surface area contributed by atoms with E-state index in [1.807, 2.05) is 37.3 Å². The fourth-order valence-electron chi connectivity index (χ4n) is 2.56. The lowest BCUT2D eigenvalue weighted by atomic mass is 10.0. The minimum atomic E-state index is -0.280. The number of nitrogens with one attached hydrogen (secondary N) is 2. The number of carbonyl (C=O) groups is 1. The van der Waals surface area contributed by atoms with Crippen LogP contribution in [0.1, 0.15) is 38.1 Å². The lowest BCUT2D eigenvalue weighted by Crippen LogP contribution is -2.47. The molecule has 2 aromatic rings. The molecule has 0 bridgehead atoms. The molecule has 1 amide bonds. The predicted octanol–water partition coefficient (Wildman–Crippen LogP) is 2.48. The molecule has 0 radical (unpaired) electrons. The fourth-order valence-corrected chi connectivity index (χ4v) is 2.56. The van der Waals surface area contributed by atoms with Crippen molar-refractivity contribution in [2.24, 2.45) is 0 Å². The number of nitrogens with zero attached hydrogens (tertiary/aromatic N) is 2. The van der Waals surface area contributed by atoms with Gasteiger partial charge >= 0.3 is 0 Å². The Morgan fingerprint density at radius 3 is 2.83 bits per heavy atom. The van der Waals surface area contributed by atoms with Gasteiger partial charge in [-0.05, 0) is 38.4 Å². The van der Waals surface area contributed by atoms with Crippen LogP contribution in [0.4, 0.5) is 0 Å². The summed E-state index contributed by atoms with van der Waals surface area (Å²) in [4.78, 5) is 16.6. The Balaban J connectivity index is 0.00000192. The Morgan fingerprint density at radius 1 is 1.35 bits per heavy atom. The van der Waals surface area contributed by atoms with Crippen molar-refractivity contribution < 1.29 is 9.32 Å². The normalized spacial score (nSPS) is 18.7. The maximum Gasteiger partial charge on any atom is 0.257 e. The molecule has 0 saturated carbocycles. The molecule has 124 valence electrons. The van der Waals surface area contributed by atoms with Crippen LogP contribution in [0.3, 0.4) is 0 Å². The summed E-state index contributed by atoms with van der Waals surface area (Å²) in [5.74, 6) is 0.953. The number of carbonyl (C=O) groups excluding carboxylic acids is 1. The highest BCUT2D eigenvalue weighted by atomic mass is 35.5. The summed E-state index contributed by atoms with van der Waals surface area (Å²) in [6.45, 7) is 2.76. The summed E-state index contributed by atoms with van der Waals surface area (Å²) in [5, 5.41) is 10.1. The number of hydrogen-bond donors (Lipinski definition) is 2. The minimum absolute atomic E-state index is 0. The molecule has 2 heterocycles. The number of amides is 1. The molecule has 0 aliphatic carbocycles. The summed E-state index contributed by atoms with van der Waals surface area (Å²) >= 11 is 0. The smallest absolute Gasteiger partial charge is 0.257 e. The Labute approximate surface area is 141 Å². The van der Waals surface area contributed by atoms with Gasteiger partial charge in [-0.2, -0.15) is 4.98 Å². The first kappa shape index (κ1) is 17.4. The highest BCUT2D eigenvalue weighted by molar-refractivity contribution is 5.85. The number of benzene rings is 1. The second-order valence-corrected chi connectivity index (χ2v) is 5.56. The molecular weight excluding hydrogens is 316 g/mol. The van der Waals surface area contributed by atoms with Crippen LogP contribution >= 0.6 is 12.4 Å². The van der Waals surface area contributed by atoms with Gasteiger partial charge in [0.05, 0.1) is 12.1 Å². The maximum atomic E-state index is 12.2. The van der Waals surface area contributed by atoms with E-state index in [9.17, 15) is 4.79 Å². The first-order valence-corrected chi connectivity index (χ1v) is 7.67. The SMILES string of the molecule is CC(NC(=O)[C@@H]1CCCCN1)c1noc(-c2ccccc2)n1.Cl. The van der Waals surface area contributed by atoms with Crippen LogP contribution in [0.5, 0.6) is 0 Å². The number of aromatic nitrogens is 2. The number of rotatable bonds is 4. The van der Waals surface area contributed by atoms with E-state index in [4.69, 9.17) is 4.52 Å². The molecule has 1 saturated heterocycles. The second kappa shape index (κ2) is 8.08. The summed E-state index contributed by atoms with van der Waals surface area (Å²) in [6, 6.07) is 9.19. The van der Waals surface area contributed by atoms with Gasteiger partial charge in [-0.3, -0.25) is 4.79 Å². The zero-order valence-corrected chi connectivity index (χ0v) is 13.8. The molecule has 1 fully saturated rings. The molecule has 6 nitrogen and oxygen atoms in total.